The minimum atomic E-state index is -0.0649. The van der Waals surface area contributed by atoms with Crippen molar-refractivity contribution in [2.45, 2.75) is 26.3 Å². The first-order valence-corrected chi connectivity index (χ1v) is 4.88. The van der Waals surface area contributed by atoms with Crippen molar-refractivity contribution in [1.29, 1.82) is 0 Å². The topological polar surface area (TPSA) is 50.3 Å². The average molecular weight is 204 g/mol. The Bertz CT molecular complexity index is 428. The number of carbonyl (C=O) groups is 2. The molecular weight excluding hydrogens is 192 g/mol. The first-order valence-electron chi connectivity index (χ1n) is 4.88. The molecule has 0 saturated heterocycles. The van der Waals surface area contributed by atoms with E-state index in [1.165, 1.54) is 13.1 Å². The largest absolute Gasteiger partial charge is 0.309 e. The summed E-state index contributed by atoms with van der Waals surface area (Å²) < 4.78 is 0. The summed E-state index contributed by atoms with van der Waals surface area (Å²) in [7, 11) is 0. The van der Waals surface area contributed by atoms with Crippen LogP contribution in [0.5, 0.6) is 0 Å². The molecule has 1 aliphatic heterocycles. The number of pyridine rings is 1. The van der Waals surface area contributed by atoms with Crippen LogP contribution in [0.15, 0.2) is 18.5 Å². The molecule has 0 N–H and O–H groups in total. The molecule has 1 amide bonds. The highest BCUT2D eigenvalue weighted by Gasteiger charge is 2.30. The number of nitrogens with zero attached hydrogens (tertiary/aromatic N) is 2. The monoisotopic (exact) mass is 204 g/mol. The SMILES string of the molecule is CC(=O)N1c2ccncc2C(=O)CC1C. The molecule has 2 heterocycles. The van der Waals surface area contributed by atoms with Gasteiger partial charge >= 0.3 is 0 Å². The maximum absolute atomic E-state index is 11.7. The van der Waals surface area contributed by atoms with Gasteiger partial charge in [0.15, 0.2) is 5.78 Å². The number of ketones is 1. The predicted octanol–water partition coefficient (Wildman–Crippen LogP) is 1.41. The van der Waals surface area contributed by atoms with Crippen LogP contribution in [0.25, 0.3) is 0 Å². The normalized spacial score (nSPS) is 20.0. The summed E-state index contributed by atoms with van der Waals surface area (Å²) in [6, 6.07) is 1.65. The minimum absolute atomic E-state index is 0.0394. The van der Waals surface area contributed by atoms with Gasteiger partial charge in [0.2, 0.25) is 5.91 Å². The van der Waals surface area contributed by atoms with E-state index in [0.29, 0.717) is 17.7 Å². The van der Waals surface area contributed by atoms with Crippen molar-refractivity contribution in [2.24, 2.45) is 0 Å². The minimum Gasteiger partial charge on any atom is -0.309 e. The molecule has 0 saturated carbocycles. The Kier molecular flexibility index (Phi) is 2.26. The van der Waals surface area contributed by atoms with Gasteiger partial charge in [0.1, 0.15) is 0 Å². The molecule has 1 atom stereocenters. The number of hydrogen-bond acceptors (Lipinski definition) is 3. The molecule has 0 spiro atoms. The van der Waals surface area contributed by atoms with E-state index >= 15 is 0 Å². The summed E-state index contributed by atoms with van der Waals surface area (Å²) in [5.41, 5.74) is 1.23. The van der Waals surface area contributed by atoms with Gasteiger partial charge in [-0.1, -0.05) is 0 Å². The van der Waals surface area contributed by atoms with Crippen LogP contribution in [0, 0.1) is 0 Å². The zero-order chi connectivity index (χ0) is 11.0. The van der Waals surface area contributed by atoms with Crippen molar-refractivity contribution in [3.8, 4) is 0 Å². The van der Waals surface area contributed by atoms with Crippen molar-refractivity contribution >= 4 is 17.4 Å². The predicted molar refractivity (Wildman–Crippen MR) is 55.8 cm³/mol. The summed E-state index contributed by atoms with van der Waals surface area (Å²) in [6.07, 6.45) is 3.50. The quantitative estimate of drug-likeness (QED) is 0.642. The van der Waals surface area contributed by atoms with E-state index in [9.17, 15) is 9.59 Å². The Morgan fingerprint density at radius 3 is 3.00 bits per heavy atom. The highest BCUT2D eigenvalue weighted by Crippen LogP contribution is 2.29. The molecule has 1 aromatic heterocycles. The van der Waals surface area contributed by atoms with Crippen LogP contribution in [0.3, 0.4) is 0 Å². The van der Waals surface area contributed by atoms with Gasteiger partial charge in [-0.05, 0) is 13.0 Å². The maximum Gasteiger partial charge on any atom is 0.224 e. The fourth-order valence-electron chi connectivity index (χ4n) is 2.00. The Hall–Kier alpha value is -1.71. The van der Waals surface area contributed by atoms with Crippen LogP contribution in [-0.2, 0) is 4.79 Å². The van der Waals surface area contributed by atoms with Crippen LogP contribution in [0.1, 0.15) is 30.6 Å². The molecule has 1 aromatic rings. The molecule has 1 unspecified atom stereocenters. The average Bonchev–Trinajstić information content (AvgIpc) is 2.17. The second-order valence-corrected chi connectivity index (χ2v) is 3.76. The Morgan fingerprint density at radius 1 is 1.60 bits per heavy atom. The molecule has 15 heavy (non-hydrogen) atoms. The number of carbonyl (C=O) groups excluding carboxylic acids is 2. The maximum atomic E-state index is 11.7. The fraction of sp³-hybridized carbons (Fsp3) is 0.364. The van der Waals surface area contributed by atoms with E-state index in [4.69, 9.17) is 0 Å². The molecule has 78 valence electrons. The summed E-state index contributed by atoms with van der Waals surface area (Å²) in [6.45, 7) is 3.39. The molecule has 4 heteroatoms. The van der Waals surface area contributed by atoms with Crippen molar-refractivity contribution < 1.29 is 9.59 Å². The van der Waals surface area contributed by atoms with E-state index in [0.717, 1.165) is 0 Å². The van der Waals surface area contributed by atoms with Gasteiger partial charge in [-0.3, -0.25) is 14.6 Å². The molecule has 1 aliphatic rings. The highest BCUT2D eigenvalue weighted by atomic mass is 16.2. The lowest BCUT2D eigenvalue weighted by atomic mass is 9.97. The third-order valence-electron chi connectivity index (χ3n) is 2.62. The molecular formula is C11H12N2O2. The molecule has 0 bridgehead atoms. The van der Waals surface area contributed by atoms with Crippen LogP contribution in [0.2, 0.25) is 0 Å². The molecule has 0 aliphatic carbocycles. The van der Waals surface area contributed by atoms with Crippen molar-refractivity contribution in [3.05, 3.63) is 24.0 Å². The van der Waals surface area contributed by atoms with Gasteiger partial charge in [0.25, 0.3) is 0 Å². The molecule has 0 radical (unpaired) electrons. The van der Waals surface area contributed by atoms with E-state index in [1.54, 1.807) is 17.2 Å². The number of hydrogen-bond donors (Lipinski definition) is 0. The lowest BCUT2D eigenvalue weighted by molar-refractivity contribution is -0.117. The van der Waals surface area contributed by atoms with Gasteiger partial charge < -0.3 is 4.90 Å². The van der Waals surface area contributed by atoms with E-state index in [2.05, 4.69) is 4.98 Å². The molecule has 0 aromatic carbocycles. The Balaban J connectivity index is 2.56. The van der Waals surface area contributed by atoms with E-state index in [-0.39, 0.29) is 17.7 Å². The van der Waals surface area contributed by atoms with Crippen LogP contribution in [-0.4, -0.2) is 22.7 Å². The lowest BCUT2D eigenvalue weighted by Gasteiger charge is -2.33. The first kappa shape index (κ1) is 9.83. The van der Waals surface area contributed by atoms with Gasteiger partial charge in [-0.15, -0.1) is 0 Å². The van der Waals surface area contributed by atoms with E-state index in [1.807, 2.05) is 6.92 Å². The second kappa shape index (κ2) is 3.46. The van der Waals surface area contributed by atoms with Crippen molar-refractivity contribution in [3.63, 3.8) is 0 Å². The first-order chi connectivity index (χ1) is 7.11. The molecule has 2 rings (SSSR count). The number of anilines is 1. The summed E-state index contributed by atoms with van der Waals surface area (Å²) >= 11 is 0. The summed E-state index contributed by atoms with van der Waals surface area (Å²) in [5.74, 6) is 0.0190. The van der Waals surface area contributed by atoms with Crippen LogP contribution >= 0.6 is 0 Å². The Labute approximate surface area is 87.9 Å². The summed E-state index contributed by atoms with van der Waals surface area (Å²) in [5, 5.41) is 0. The zero-order valence-electron chi connectivity index (χ0n) is 8.73. The van der Waals surface area contributed by atoms with Gasteiger partial charge in [0, 0.05) is 31.8 Å². The standard InChI is InChI=1S/C11H12N2O2/c1-7-5-11(15)9-6-12-4-3-10(9)13(7)8(2)14/h3-4,6-7H,5H2,1-2H3. The van der Waals surface area contributed by atoms with Gasteiger partial charge in [-0.2, -0.15) is 0 Å². The van der Waals surface area contributed by atoms with E-state index < -0.39 is 0 Å². The second-order valence-electron chi connectivity index (χ2n) is 3.76. The van der Waals surface area contributed by atoms with Crippen molar-refractivity contribution in [2.75, 3.05) is 4.90 Å². The van der Waals surface area contributed by atoms with Crippen LogP contribution in [0.4, 0.5) is 5.69 Å². The summed E-state index contributed by atoms with van der Waals surface area (Å²) in [4.78, 5) is 28.7. The number of rotatable bonds is 0. The van der Waals surface area contributed by atoms with Crippen LogP contribution < -0.4 is 4.90 Å². The number of amides is 1. The zero-order valence-corrected chi connectivity index (χ0v) is 8.73. The molecule has 4 nitrogen and oxygen atoms in total. The number of Topliss-reactive ketones (excluding diaryl/α,β-unsaturated/α-hetero) is 1. The lowest BCUT2D eigenvalue weighted by Crippen LogP contribution is -2.42. The fourth-order valence-corrected chi connectivity index (χ4v) is 2.00. The number of fused-ring (bicyclic) bond motifs is 1. The smallest absolute Gasteiger partial charge is 0.224 e. The number of aromatic nitrogens is 1. The highest BCUT2D eigenvalue weighted by molar-refractivity contribution is 6.08. The third kappa shape index (κ3) is 1.52. The Morgan fingerprint density at radius 2 is 2.33 bits per heavy atom. The van der Waals surface area contributed by atoms with Gasteiger partial charge in [-0.25, -0.2) is 0 Å². The molecule has 0 fully saturated rings. The third-order valence-corrected chi connectivity index (χ3v) is 2.62. The van der Waals surface area contributed by atoms with Gasteiger partial charge in [0.05, 0.1) is 11.3 Å². The van der Waals surface area contributed by atoms with Crippen molar-refractivity contribution in [1.82, 2.24) is 4.98 Å².